The van der Waals surface area contributed by atoms with Crippen molar-refractivity contribution >= 4 is 0 Å². The summed E-state index contributed by atoms with van der Waals surface area (Å²) >= 11 is 0. The third-order valence-electron chi connectivity index (χ3n) is 1.95. The molecule has 78 valence electrons. The second kappa shape index (κ2) is 4.48. The summed E-state index contributed by atoms with van der Waals surface area (Å²) in [6.45, 7) is 5.55. The molecule has 2 N–H and O–H groups in total. The zero-order chi connectivity index (χ0) is 10.7. The van der Waals surface area contributed by atoms with Crippen molar-refractivity contribution in [2.24, 2.45) is 0 Å². The topological polar surface area (TPSA) is 66.2 Å². The Morgan fingerprint density at radius 3 is 2.50 bits per heavy atom. The molecular formula is C10H16N2O2. The Hall–Kier alpha value is -1.00. The van der Waals surface area contributed by atoms with Crippen LogP contribution in [0.2, 0.25) is 0 Å². The van der Waals surface area contributed by atoms with Gasteiger partial charge in [0.25, 0.3) is 0 Å². The van der Waals surface area contributed by atoms with E-state index in [0.29, 0.717) is 11.7 Å². The zero-order valence-electron chi connectivity index (χ0n) is 8.73. The first-order valence-electron chi connectivity index (χ1n) is 4.69. The summed E-state index contributed by atoms with van der Waals surface area (Å²) < 4.78 is 0. The van der Waals surface area contributed by atoms with Gasteiger partial charge in [0.1, 0.15) is 6.10 Å². The fraction of sp³-hybridized carbons (Fsp3) is 0.600. The summed E-state index contributed by atoms with van der Waals surface area (Å²) in [5.41, 5.74) is 1.70. The van der Waals surface area contributed by atoms with Crippen molar-refractivity contribution in [2.75, 3.05) is 6.61 Å². The molecule has 0 bridgehead atoms. The summed E-state index contributed by atoms with van der Waals surface area (Å²) in [5.74, 6) is 0.595. The van der Waals surface area contributed by atoms with Gasteiger partial charge in [-0.2, -0.15) is 0 Å². The molecule has 4 nitrogen and oxygen atoms in total. The fourth-order valence-corrected chi connectivity index (χ4v) is 1.14. The zero-order valence-corrected chi connectivity index (χ0v) is 8.73. The van der Waals surface area contributed by atoms with E-state index in [4.69, 9.17) is 5.11 Å². The Bertz CT molecular complexity index is 313. The van der Waals surface area contributed by atoms with Crippen LogP contribution in [-0.4, -0.2) is 26.8 Å². The highest BCUT2D eigenvalue weighted by Gasteiger charge is 2.12. The molecule has 0 saturated carbocycles. The molecule has 14 heavy (non-hydrogen) atoms. The van der Waals surface area contributed by atoms with Crippen molar-refractivity contribution in [3.05, 3.63) is 23.3 Å². The van der Waals surface area contributed by atoms with Crippen LogP contribution in [0, 0.1) is 6.92 Å². The summed E-state index contributed by atoms with van der Waals surface area (Å²) in [6, 6.07) is 1.89. The predicted octanol–water partition coefficient (Wildman–Crippen LogP) is 0.934. The van der Waals surface area contributed by atoms with Gasteiger partial charge in [-0.05, 0) is 18.9 Å². The van der Waals surface area contributed by atoms with Gasteiger partial charge in [-0.15, -0.1) is 0 Å². The standard InChI is InChI=1S/C10H16N2O2/c1-6(2)8-4-7(3)11-10(12-8)9(14)5-13/h4,6,9,13-14H,5H2,1-3H3/t9-/m1/s1. The van der Waals surface area contributed by atoms with Crippen LogP contribution in [-0.2, 0) is 0 Å². The molecule has 4 heteroatoms. The van der Waals surface area contributed by atoms with Gasteiger partial charge in [0.15, 0.2) is 5.82 Å². The minimum atomic E-state index is -0.979. The Morgan fingerprint density at radius 1 is 1.36 bits per heavy atom. The maximum absolute atomic E-state index is 9.38. The Morgan fingerprint density at radius 2 is 2.00 bits per heavy atom. The molecule has 0 amide bonds. The van der Waals surface area contributed by atoms with Crippen molar-refractivity contribution in [3.8, 4) is 0 Å². The monoisotopic (exact) mass is 196 g/mol. The molecule has 0 unspecified atom stereocenters. The van der Waals surface area contributed by atoms with E-state index in [9.17, 15) is 5.11 Å². The van der Waals surface area contributed by atoms with Crippen LogP contribution in [0.3, 0.4) is 0 Å². The molecule has 0 aliphatic rings. The highest BCUT2D eigenvalue weighted by atomic mass is 16.3. The molecule has 1 aromatic rings. The average molecular weight is 196 g/mol. The molecule has 0 aliphatic heterocycles. The second-order valence-electron chi connectivity index (χ2n) is 3.65. The number of aliphatic hydroxyl groups is 2. The fourth-order valence-electron chi connectivity index (χ4n) is 1.14. The molecule has 1 aromatic heterocycles. The van der Waals surface area contributed by atoms with E-state index in [0.717, 1.165) is 11.4 Å². The molecule has 1 heterocycles. The Kier molecular flexibility index (Phi) is 3.55. The Balaban J connectivity index is 3.07. The van der Waals surface area contributed by atoms with E-state index < -0.39 is 6.10 Å². The highest BCUT2D eigenvalue weighted by Crippen LogP contribution is 2.15. The summed E-state index contributed by atoms with van der Waals surface area (Å²) in [6.07, 6.45) is -0.979. The minimum absolute atomic E-state index is 0.293. The smallest absolute Gasteiger partial charge is 0.159 e. The third-order valence-corrected chi connectivity index (χ3v) is 1.95. The third kappa shape index (κ3) is 2.49. The van der Waals surface area contributed by atoms with Gasteiger partial charge in [-0.1, -0.05) is 13.8 Å². The van der Waals surface area contributed by atoms with Crippen LogP contribution in [0.15, 0.2) is 6.07 Å². The first-order chi connectivity index (χ1) is 6.54. The van der Waals surface area contributed by atoms with Crippen molar-refractivity contribution in [1.82, 2.24) is 9.97 Å². The van der Waals surface area contributed by atoms with Gasteiger partial charge in [0.2, 0.25) is 0 Å². The minimum Gasteiger partial charge on any atom is -0.393 e. The lowest BCUT2D eigenvalue weighted by molar-refractivity contribution is 0.0882. The number of aliphatic hydroxyl groups excluding tert-OH is 2. The maximum atomic E-state index is 9.38. The van der Waals surface area contributed by atoms with Gasteiger partial charge in [-0.3, -0.25) is 0 Å². The Labute approximate surface area is 83.6 Å². The summed E-state index contributed by atoms with van der Waals surface area (Å²) in [4.78, 5) is 8.25. The summed E-state index contributed by atoms with van der Waals surface area (Å²) in [5, 5.41) is 18.2. The second-order valence-corrected chi connectivity index (χ2v) is 3.65. The van der Waals surface area contributed by atoms with Crippen LogP contribution in [0.1, 0.15) is 43.1 Å². The van der Waals surface area contributed by atoms with E-state index in [1.807, 2.05) is 26.8 Å². The van der Waals surface area contributed by atoms with E-state index in [-0.39, 0.29) is 6.61 Å². The number of hydrogen-bond donors (Lipinski definition) is 2. The van der Waals surface area contributed by atoms with Gasteiger partial charge < -0.3 is 10.2 Å². The molecule has 0 aliphatic carbocycles. The molecule has 1 rings (SSSR count). The normalized spacial score (nSPS) is 13.3. The SMILES string of the molecule is Cc1cc(C(C)C)nc([C@H](O)CO)n1. The molecule has 0 fully saturated rings. The highest BCUT2D eigenvalue weighted by molar-refractivity contribution is 5.14. The van der Waals surface area contributed by atoms with E-state index >= 15 is 0 Å². The maximum Gasteiger partial charge on any atom is 0.159 e. The van der Waals surface area contributed by atoms with Crippen LogP contribution in [0.4, 0.5) is 0 Å². The van der Waals surface area contributed by atoms with Crippen LogP contribution in [0.5, 0.6) is 0 Å². The molecule has 0 radical (unpaired) electrons. The molecule has 0 aromatic carbocycles. The molecule has 0 saturated heterocycles. The predicted molar refractivity (Wildman–Crippen MR) is 52.9 cm³/mol. The largest absolute Gasteiger partial charge is 0.393 e. The van der Waals surface area contributed by atoms with E-state index in [2.05, 4.69) is 9.97 Å². The van der Waals surface area contributed by atoms with Gasteiger partial charge in [-0.25, -0.2) is 9.97 Å². The van der Waals surface area contributed by atoms with Crippen molar-refractivity contribution in [3.63, 3.8) is 0 Å². The number of hydrogen-bond acceptors (Lipinski definition) is 4. The van der Waals surface area contributed by atoms with Crippen LogP contribution in [0.25, 0.3) is 0 Å². The van der Waals surface area contributed by atoms with Gasteiger partial charge in [0, 0.05) is 11.4 Å². The van der Waals surface area contributed by atoms with Gasteiger partial charge in [0.05, 0.1) is 6.61 Å². The lowest BCUT2D eigenvalue weighted by Gasteiger charge is -2.10. The molecule has 1 atom stereocenters. The lowest BCUT2D eigenvalue weighted by Crippen LogP contribution is -2.10. The van der Waals surface area contributed by atoms with E-state index in [1.54, 1.807) is 0 Å². The average Bonchev–Trinajstić information content (AvgIpc) is 2.15. The summed E-state index contributed by atoms with van der Waals surface area (Å²) in [7, 11) is 0. The number of aromatic nitrogens is 2. The van der Waals surface area contributed by atoms with Crippen molar-refractivity contribution in [2.45, 2.75) is 32.8 Å². The molecular weight excluding hydrogens is 180 g/mol. The van der Waals surface area contributed by atoms with Crippen LogP contribution >= 0.6 is 0 Å². The van der Waals surface area contributed by atoms with Crippen molar-refractivity contribution < 1.29 is 10.2 Å². The lowest BCUT2D eigenvalue weighted by atomic mass is 10.1. The molecule has 0 spiro atoms. The quantitative estimate of drug-likeness (QED) is 0.755. The number of nitrogens with zero attached hydrogens (tertiary/aromatic N) is 2. The first kappa shape index (κ1) is 11.1. The van der Waals surface area contributed by atoms with Crippen molar-refractivity contribution in [1.29, 1.82) is 0 Å². The first-order valence-corrected chi connectivity index (χ1v) is 4.69. The van der Waals surface area contributed by atoms with Gasteiger partial charge >= 0.3 is 0 Å². The van der Waals surface area contributed by atoms with E-state index in [1.165, 1.54) is 0 Å². The number of aryl methyl sites for hydroxylation is 1. The number of rotatable bonds is 3. The van der Waals surface area contributed by atoms with Crippen LogP contribution < -0.4 is 0 Å².